The van der Waals surface area contributed by atoms with Crippen molar-refractivity contribution in [2.24, 2.45) is 0 Å². The maximum Gasteiger partial charge on any atom is 0.416 e. The molecule has 0 saturated heterocycles. The fourth-order valence-corrected chi connectivity index (χ4v) is 3.73. The molecular formula is C23H20ClF4N5O3. The summed E-state index contributed by atoms with van der Waals surface area (Å²) in [5.74, 6) is -0.606. The van der Waals surface area contributed by atoms with Gasteiger partial charge in [0.15, 0.2) is 17.8 Å². The van der Waals surface area contributed by atoms with E-state index < -0.39 is 36.4 Å². The summed E-state index contributed by atoms with van der Waals surface area (Å²) in [4.78, 5) is 17.3. The first-order chi connectivity index (χ1) is 17.0. The molecule has 2 N–H and O–H groups in total. The second-order valence-electron chi connectivity index (χ2n) is 8.03. The molecule has 4 rings (SSSR count). The third-order valence-electron chi connectivity index (χ3n) is 5.36. The van der Waals surface area contributed by atoms with Crippen molar-refractivity contribution >= 4 is 11.6 Å². The zero-order valence-electron chi connectivity index (χ0n) is 18.7. The van der Waals surface area contributed by atoms with Gasteiger partial charge in [0.05, 0.1) is 18.8 Å². The molecule has 190 valence electrons. The van der Waals surface area contributed by atoms with E-state index in [2.05, 4.69) is 10.1 Å². The quantitative estimate of drug-likeness (QED) is 0.358. The molecule has 0 aliphatic rings. The molecular weight excluding hydrogens is 506 g/mol. The van der Waals surface area contributed by atoms with Crippen LogP contribution in [0.2, 0.25) is 5.02 Å². The number of para-hydroxylation sites is 1. The summed E-state index contributed by atoms with van der Waals surface area (Å²) >= 11 is 5.90. The van der Waals surface area contributed by atoms with Crippen molar-refractivity contribution in [3.63, 3.8) is 0 Å². The summed E-state index contributed by atoms with van der Waals surface area (Å²) in [5.41, 5.74) is -0.347. The third-order valence-corrected chi connectivity index (χ3v) is 5.61. The molecule has 2 aromatic heterocycles. The number of alkyl halides is 3. The molecule has 0 fully saturated rings. The highest BCUT2D eigenvalue weighted by atomic mass is 35.5. The summed E-state index contributed by atoms with van der Waals surface area (Å²) in [7, 11) is 0. The van der Waals surface area contributed by atoms with E-state index in [-0.39, 0.29) is 29.6 Å². The lowest BCUT2D eigenvalue weighted by Crippen LogP contribution is -2.37. The SMILES string of the molecule is C[C@H](O)c1nc(Cn2cc(-c3ccc(Cl)cc3)n(C[C@H](O)C(F)(F)F)c2=O)nn1-c1ccccc1F. The Balaban J connectivity index is 1.78. The molecule has 13 heteroatoms. The van der Waals surface area contributed by atoms with Gasteiger partial charge in [-0.15, -0.1) is 5.10 Å². The number of aliphatic hydroxyl groups excluding tert-OH is 2. The number of halogens is 5. The van der Waals surface area contributed by atoms with E-state index in [9.17, 15) is 32.6 Å². The van der Waals surface area contributed by atoms with Crippen LogP contribution in [-0.2, 0) is 13.1 Å². The lowest BCUT2D eigenvalue weighted by molar-refractivity contribution is -0.207. The average molecular weight is 526 g/mol. The van der Waals surface area contributed by atoms with Gasteiger partial charge >= 0.3 is 11.9 Å². The van der Waals surface area contributed by atoms with E-state index in [1.807, 2.05) is 0 Å². The molecule has 0 spiro atoms. The zero-order chi connectivity index (χ0) is 26.2. The van der Waals surface area contributed by atoms with E-state index >= 15 is 0 Å². The fraction of sp³-hybridized carbons (Fsp3) is 0.261. The first kappa shape index (κ1) is 25.6. The summed E-state index contributed by atoms with van der Waals surface area (Å²) in [6.45, 7) is 0.0734. The van der Waals surface area contributed by atoms with E-state index in [4.69, 9.17) is 11.6 Å². The summed E-state index contributed by atoms with van der Waals surface area (Å²) in [6.07, 6.45) is -7.55. The second-order valence-corrected chi connectivity index (χ2v) is 8.46. The van der Waals surface area contributed by atoms with E-state index in [1.54, 1.807) is 6.07 Å². The monoisotopic (exact) mass is 525 g/mol. The van der Waals surface area contributed by atoms with Crippen molar-refractivity contribution in [2.75, 3.05) is 0 Å². The van der Waals surface area contributed by atoms with E-state index in [1.165, 1.54) is 55.6 Å². The largest absolute Gasteiger partial charge is 0.416 e. The lowest BCUT2D eigenvalue weighted by Gasteiger charge is -2.16. The zero-order valence-corrected chi connectivity index (χ0v) is 19.4. The molecule has 8 nitrogen and oxygen atoms in total. The molecule has 0 saturated carbocycles. The predicted molar refractivity (Wildman–Crippen MR) is 122 cm³/mol. The topological polar surface area (TPSA) is 98.1 Å². The van der Waals surface area contributed by atoms with Gasteiger partial charge in [-0.3, -0.25) is 9.13 Å². The van der Waals surface area contributed by atoms with Crippen molar-refractivity contribution in [2.45, 2.75) is 38.4 Å². The van der Waals surface area contributed by atoms with Crippen molar-refractivity contribution < 1.29 is 27.8 Å². The molecule has 0 aliphatic carbocycles. The average Bonchev–Trinajstić information content (AvgIpc) is 3.36. The highest BCUT2D eigenvalue weighted by molar-refractivity contribution is 6.30. The van der Waals surface area contributed by atoms with Gasteiger partial charge in [0.25, 0.3) is 0 Å². The number of nitrogens with zero attached hydrogens (tertiary/aromatic N) is 5. The lowest BCUT2D eigenvalue weighted by atomic mass is 10.1. The molecule has 36 heavy (non-hydrogen) atoms. The minimum atomic E-state index is -4.94. The van der Waals surface area contributed by atoms with Gasteiger partial charge in [0, 0.05) is 11.2 Å². The van der Waals surface area contributed by atoms with Gasteiger partial charge in [0.2, 0.25) is 0 Å². The Morgan fingerprint density at radius 1 is 1.08 bits per heavy atom. The molecule has 2 heterocycles. The van der Waals surface area contributed by atoms with Gasteiger partial charge in [-0.1, -0.05) is 35.9 Å². The molecule has 4 aromatic rings. The van der Waals surface area contributed by atoms with Crippen LogP contribution in [0.3, 0.4) is 0 Å². The number of rotatable bonds is 7. The number of aliphatic hydroxyl groups is 2. The van der Waals surface area contributed by atoms with Crippen LogP contribution in [0, 0.1) is 5.82 Å². The van der Waals surface area contributed by atoms with E-state index in [0.29, 0.717) is 10.6 Å². The second kappa shape index (κ2) is 9.88. The molecule has 0 unspecified atom stereocenters. The van der Waals surface area contributed by atoms with E-state index in [0.717, 1.165) is 13.8 Å². The van der Waals surface area contributed by atoms with Crippen molar-refractivity contribution in [1.82, 2.24) is 23.9 Å². The highest BCUT2D eigenvalue weighted by Gasteiger charge is 2.39. The Bertz CT molecular complexity index is 1430. The number of hydrogen-bond acceptors (Lipinski definition) is 5. The molecule has 2 atom stereocenters. The number of hydrogen-bond donors (Lipinski definition) is 2. The Kier molecular flexibility index (Phi) is 7.03. The molecule has 0 amide bonds. The normalized spacial score (nSPS) is 13.7. The number of aromatic nitrogens is 5. The smallest absolute Gasteiger partial charge is 0.385 e. The maximum absolute atomic E-state index is 14.4. The predicted octanol–water partition coefficient (Wildman–Crippen LogP) is 3.71. The standard InChI is InChI=1S/C23H20ClF4N5O3/c1-13(34)21-29-20(30-33(21)17-5-3-2-4-16(17)25)12-31-10-18(14-6-8-15(24)9-7-14)32(22(31)36)11-19(35)23(26,27)28/h2-10,13,19,34-35H,11-12H2,1H3/t13-,19-/m0/s1. The van der Waals surface area contributed by atoms with Crippen molar-refractivity contribution in [1.29, 1.82) is 0 Å². The van der Waals surface area contributed by atoms with Crippen LogP contribution in [0.4, 0.5) is 17.6 Å². The van der Waals surface area contributed by atoms with Crippen LogP contribution < -0.4 is 5.69 Å². The van der Waals surface area contributed by atoms with Crippen LogP contribution >= 0.6 is 11.6 Å². The first-order valence-electron chi connectivity index (χ1n) is 10.6. The Hall–Kier alpha value is -3.48. The fourth-order valence-electron chi connectivity index (χ4n) is 3.61. The number of imidazole rings is 1. The Labute approximate surface area is 206 Å². The first-order valence-corrected chi connectivity index (χ1v) is 11.0. The van der Waals surface area contributed by atoms with Crippen LogP contribution in [0.5, 0.6) is 0 Å². The van der Waals surface area contributed by atoms with Gasteiger partial charge in [0.1, 0.15) is 17.6 Å². The van der Waals surface area contributed by atoms with Gasteiger partial charge in [-0.25, -0.2) is 18.9 Å². The molecule has 0 bridgehead atoms. The Morgan fingerprint density at radius 3 is 2.36 bits per heavy atom. The minimum Gasteiger partial charge on any atom is -0.385 e. The molecule has 0 radical (unpaired) electrons. The van der Waals surface area contributed by atoms with Gasteiger partial charge < -0.3 is 10.2 Å². The third kappa shape index (κ3) is 5.20. The minimum absolute atomic E-state index is 0.00688. The van der Waals surface area contributed by atoms with Crippen LogP contribution in [-0.4, -0.2) is 46.4 Å². The Morgan fingerprint density at radius 2 is 1.75 bits per heavy atom. The molecule has 2 aromatic carbocycles. The highest BCUT2D eigenvalue weighted by Crippen LogP contribution is 2.25. The van der Waals surface area contributed by atoms with Crippen LogP contribution in [0.15, 0.2) is 59.5 Å². The van der Waals surface area contributed by atoms with Crippen LogP contribution in [0.25, 0.3) is 16.9 Å². The van der Waals surface area contributed by atoms with Gasteiger partial charge in [-0.2, -0.15) is 13.2 Å². The summed E-state index contributed by atoms with van der Waals surface area (Å²) in [5, 5.41) is 24.3. The summed E-state index contributed by atoms with van der Waals surface area (Å²) in [6, 6.07) is 11.8. The molecule has 0 aliphatic heterocycles. The summed E-state index contributed by atoms with van der Waals surface area (Å²) < 4.78 is 56.5. The van der Waals surface area contributed by atoms with Crippen molar-refractivity contribution in [3.05, 3.63) is 87.7 Å². The van der Waals surface area contributed by atoms with Gasteiger partial charge in [-0.05, 0) is 36.8 Å². The number of benzene rings is 2. The maximum atomic E-state index is 14.4. The van der Waals surface area contributed by atoms with Crippen LogP contribution in [0.1, 0.15) is 24.7 Å². The van der Waals surface area contributed by atoms with Crippen molar-refractivity contribution in [3.8, 4) is 16.9 Å².